The highest BCUT2D eigenvalue weighted by atomic mass is 35.5. The maximum absolute atomic E-state index is 14.0. The maximum Gasteiger partial charge on any atom is 0.256 e. The Morgan fingerprint density at radius 1 is 1.13 bits per heavy atom. The highest BCUT2D eigenvalue weighted by Gasteiger charge is 2.29. The second-order valence-electron chi connectivity index (χ2n) is 7.32. The zero-order chi connectivity index (χ0) is 21.8. The molecule has 0 bridgehead atoms. The third kappa shape index (κ3) is 4.91. The van der Waals surface area contributed by atoms with Gasteiger partial charge in [-0.3, -0.25) is 14.5 Å². The van der Waals surface area contributed by atoms with Crippen LogP contribution in [-0.4, -0.2) is 60.9 Å². The lowest BCUT2D eigenvalue weighted by Crippen LogP contribution is -2.54. The maximum atomic E-state index is 14.0. The van der Waals surface area contributed by atoms with Gasteiger partial charge in [-0.15, -0.1) is 0 Å². The van der Waals surface area contributed by atoms with Crippen LogP contribution in [0.15, 0.2) is 36.4 Å². The van der Waals surface area contributed by atoms with Crippen LogP contribution < -0.4 is 10.1 Å². The lowest BCUT2D eigenvalue weighted by atomic mass is 10.1. The fraction of sp³-hybridized carbons (Fsp3) is 0.364. The van der Waals surface area contributed by atoms with Crippen molar-refractivity contribution in [2.45, 2.75) is 19.9 Å². The van der Waals surface area contributed by atoms with Gasteiger partial charge < -0.3 is 15.0 Å². The number of nitrogens with one attached hydrogen (secondary N) is 1. The summed E-state index contributed by atoms with van der Waals surface area (Å²) in [5.74, 6) is -0.539. The molecule has 1 unspecified atom stereocenters. The van der Waals surface area contributed by atoms with Crippen molar-refractivity contribution in [1.82, 2.24) is 9.80 Å². The normalized spacial score (nSPS) is 15.6. The van der Waals surface area contributed by atoms with E-state index in [-0.39, 0.29) is 11.5 Å². The number of halogens is 2. The molecule has 0 radical (unpaired) electrons. The molecule has 1 aliphatic rings. The van der Waals surface area contributed by atoms with Gasteiger partial charge in [-0.1, -0.05) is 17.7 Å². The molecule has 1 fully saturated rings. The van der Waals surface area contributed by atoms with Crippen molar-refractivity contribution in [2.75, 3.05) is 38.6 Å². The van der Waals surface area contributed by atoms with Gasteiger partial charge in [0.15, 0.2) is 0 Å². The van der Waals surface area contributed by atoms with Crippen LogP contribution in [0.5, 0.6) is 5.75 Å². The number of carbonyl (C=O) groups is 2. The third-order valence-corrected chi connectivity index (χ3v) is 5.54. The number of hydrogen-bond acceptors (Lipinski definition) is 4. The minimum Gasteiger partial charge on any atom is -0.495 e. The van der Waals surface area contributed by atoms with Crippen molar-refractivity contribution in [3.8, 4) is 5.75 Å². The molecular formula is C22H25ClFN3O3. The molecule has 2 aromatic carbocycles. The van der Waals surface area contributed by atoms with Crippen LogP contribution in [0.1, 0.15) is 22.8 Å². The van der Waals surface area contributed by atoms with E-state index >= 15 is 0 Å². The number of ether oxygens (including phenoxy) is 1. The molecule has 1 saturated heterocycles. The van der Waals surface area contributed by atoms with Crippen molar-refractivity contribution in [1.29, 1.82) is 0 Å². The first-order valence-corrected chi connectivity index (χ1v) is 10.1. The average Bonchev–Trinajstić information content (AvgIpc) is 2.74. The molecule has 3 rings (SSSR count). The average molecular weight is 434 g/mol. The summed E-state index contributed by atoms with van der Waals surface area (Å²) in [4.78, 5) is 29.0. The SMILES string of the molecule is COc1ccc(C)cc1NC(=O)C(C)N1CCN(C(=O)c2cc(Cl)ccc2F)CC1. The van der Waals surface area contributed by atoms with E-state index in [4.69, 9.17) is 16.3 Å². The van der Waals surface area contributed by atoms with Crippen molar-refractivity contribution in [2.24, 2.45) is 0 Å². The molecule has 160 valence electrons. The zero-order valence-corrected chi connectivity index (χ0v) is 18.0. The number of carbonyl (C=O) groups excluding carboxylic acids is 2. The smallest absolute Gasteiger partial charge is 0.256 e. The van der Waals surface area contributed by atoms with E-state index in [1.165, 1.54) is 18.2 Å². The Kier molecular flexibility index (Phi) is 6.95. The second-order valence-corrected chi connectivity index (χ2v) is 7.76. The van der Waals surface area contributed by atoms with Crippen LogP contribution in [0.25, 0.3) is 0 Å². The number of benzene rings is 2. The molecule has 8 heteroatoms. The highest BCUT2D eigenvalue weighted by Crippen LogP contribution is 2.26. The second kappa shape index (κ2) is 9.45. The Balaban J connectivity index is 1.60. The lowest BCUT2D eigenvalue weighted by Gasteiger charge is -2.37. The van der Waals surface area contributed by atoms with Crippen LogP contribution >= 0.6 is 11.6 Å². The minimum absolute atomic E-state index is 0.0340. The number of amides is 2. The lowest BCUT2D eigenvalue weighted by molar-refractivity contribution is -0.121. The van der Waals surface area contributed by atoms with Gasteiger partial charge in [-0.05, 0) is 49.7 Å². The predicted molar refractivity (Wildman–Crippen MR) is 115 cm³/mol. The quantitative estimate of drug-likeness (QED) is 0.782. The molecule has 2 aromatic rings. The van der Waals surface area contributed by atoms with Gasteiger partial charge >= 0.3 is 0 Å². The first-order chi connectivity index (χ1) is 14.3. The standard InChI is InChI=1S/C22H25ClFN3O3/c1-14-4-7-20(30-3)19(12-14)25-21(28)15(2)26-8-10-27(11-9-26)22(29)17-13-16(23)5-6-18(17)24/h4-7,12-13,15H,8-11H2,1-3H3,(H,25,28). The third-order valence-electron chi connectivity index (χ3n) is 5.30. The summed E-state index contributed by atoms with van der Waals surface area (Å²) in [5, 5.41) is 3.24. The van der Waals surface area contributed by atoms with Crippen molar-refractivity contribution < 1.29 is 18.7 Å². The Hall–Kier alpha value is -2.64. The van der Waals surface area contributed by atoms with E-state index in [9.17, 15) is 14.0 Å². The van der Waals surface area contributed by atoms with Gasteiger partial charge in [-0.2, -0.15) is 0 Å². The Morgan fingerprint density at radius 2 is 1.83 bits per heavy atom. The number of anilines is 1. The molecule has 1 aliphatic heterocycles. The summed E-state index contributed by atoms with van der Waals surface area (Å²) in [6, 6.07) is 9.14. The molecule has 30 heavy (non-hydrogen) atoms. The van der Waals surface area contributed by atoms with E-state index in [2.05, 4.69) is 5.32 Å². The Labute approximate surface area is 180 Å². The summed E-state index contributed by atoms with van der Waals surface area (Å²) < 4.78 is 19.3. The van der Waals surface area contributed by atoms with E-state index in [1.807, 2.05) is 36.9 Å². The predicted octanol–water partition coefficient (Wildman–Crippen LogP) is 3.58. The van der Waals surface area contributed by atoms with Crippen LogP contribution in [0.4, 0.5) is 10.1 Å². The van der Waals surface area contributed by atoms with Crippen molar-refractivity contribution in [3.05, 3.63) is 58.4 Å². The Morgan fingerprint density at radius 3 is 2.50 bits per heavy atom. The summed E-state index contributed by atoms with van der Waals surface area (Å²) in [7, 11) is 1.56. The van der Waals surface area contributed by atoms with E-state index in [0.717, 1.165) is 5.56 Å². The number of nitrogens with zero attached hydrogens (tertiary/aromatic N) is 2. The monoisotopic (exact) mass is 433 g/mol. The molecule has 0 saturated carbocycles. The van der Waals surface area contributed by atoms with Crippen LogP contribution in [0.3, 0.4) is 0 Å². The summed E-state index contributed by atoms with van der Waals surface area (Å²) in [6.45, 7) is 5.58. The van der Waals surface area contributed by atoms with Crippen LogP contribution in [-0.2, 0) is 4.79 Å². The summed E-state index contributed by atoms with van der Waals surface area (Å²) in [5.41, 5.74) is 1.60. The fourth-order valence-electron chi connectivity index (χ4n) is 3.47. The molecule has 2 amide bonds. The first kappa shape index (κ1) is 22.1. The van der Waals surface area contributed by atoms with Crippen molar-refractivity contribution in [3.63, 3.8) is 0 Å². The molecule has 1 N–H and O–H groups in total. The molecule has 0 spiro atoms. The van der Waals surface area contributed by atoms with E-state index < -0.39 is 17.8 Å². The number of hydrogen-bond donors (Lipinski definition) is 1. The van der Waals surface area contributed by atoms with Crippen LogP contribution in [0.2, 0.25) is 5.02 Å². The summed E-state index contributed by atoms with van der Waals surface area (Å²) in [6.07, 6.45) is 0. The van der Waals surface area contributed by atoms with E-state index in [0.29, 0.717) is 42.6 Å². The van der Waals surface area contributed by atoms with Crippen molar-refractivity contribution >= 4 is 29.1 Å². The molecule has 1 heterocycles. The van der Waals surface area contributed by atoms with E-state index in [1.54, 1.807) is 12.0 Å². The molecule has 6 nitrogen and oxygen atoms in total. The number of aryl methyl sites for hydroxylation is 1. The number of piperazine rings is 1. The number of methoxy groups -OCH3 is 1. The molecule has 0 aromatic heterocycles. The largest absolute Gasteiger partial charge is 0.495 e. The fourth-order valence-corrected chi connectivity index (χ4v) is 3.64. The van der Waals surface area contributed by atoms with Gasteiger partial charge in [0.1, 0.15) is 11.6 Å². The van der Waals surface area contributed by atoms with Gasteiger partial charge in [0.05, 0.1) is 24.4 Å². The molecule has 1 atom stereocenters. The summed E-state index contributed by atoms with van der Waals surface area (Å²) >= 11 is 5.90. The zero-order valence-electron chi connectivity index (χ0n) is 17.2. The van der Waals surface area contributed by atoms with Gasteiger partial charge in [0, 0.05) is 31.2 Å². The Bertz CT molecular complexity index is 945. The topological polar surface area (TPSA) is 61.9 Å². The number of rotatable bonds is 5. The van der Waals surface area contributed by atoms with Gasteiger partial charge in [-0.25, -0.2) is 4.39 Å². The molecular weight excluding hydrogens is 409 g/mol. The first-order valence-electron chi connectivity index (χ1n) is 9.74. The highest BCUT2D eigenvalue weighted by molar-refractivity contribution is 6.31. The van der Waals surface area contributed by atoms with Crippen LogP contribution in [0, 0.1) is 12.7 Å². The minimum atomic E-state index is -0.591. The molecule has 0 aliphatic carbocycles. The van der Waals surface area contributed by atoms with Gasteiger partial charge in [0.25, 0.3) is 5.91 Å². The van der Waals surface area contributed by atoms with Gasteiger partial charge in [0.2, 0.25) is 5.91 Å².